The fraction of sp³-hybridized carbons (Fsp3) is 0.364. The maximum absolute atomic E-state index is 11.8. The summed E-state index contributed by atoms with van der Waals surface area (Å²) >= 11 is 0. The first-order valence-corrected chi connectivity index (χ1v) is 12.1. The van der Waals surface area contributed by atoms with E-state index < -0.39 is 5.91 Å². The summed E-state index contributed by atoms with van der Waals surface area (Å²) in [5.74, 6) is 0.0959. The van der Waals surface area contributed by atoms with E-state index in [-0.39, 0.29) is 19.4 Å². The Hall–Kier alpha value is -3.19. The number of hydrogen-bond acceptors (Lipinski definition) is 7. The number of hydrogen-bond donors (Lipinski definition) is 3. The van der Waals surface area contributed by atoms with Crippen LogP contribution in [0.15, 0.2) is 30.3 Å². The fourth-order valence-electron chi connectivity index (χ4n) is 4.09. The van der Waals surface area contributed by atoms with Crippen molar-refractivity contribution in [3.8, 4) is 17.0 Å². The molecule has 5 N–H and O–H groups in total. The zero-order valence-corrected chi connectivity index (χ0v) is 19.0. The van der Waals surface area contributed by atoms with Crippen molar-refractivity contribution in [1.82, 2.24) is 20.0 Å². The highest BCUT2D eigenvalue weighted by atomic mass is 31.1. The minimum atomic E-state index is -0.696. The second-order valence-electron chi connectivity index (χ2n) is 8.29. The maximum atomic E-state index is 11.8. The van der Waals surface area contributed by atoms with Crippen molar-refractivity contribution < 1.29 is 9.53 Å². The van der Waals surface area contributed by atoms with Gasteiger partial charge in [-0.3, -0.25) is 9.48 Å². The molecule has 9 nitrogen and oxygen atoms in total. The Bertz CT molecular complexity index is 1180. The van der Waals surface area contributed by atoms with Crippen LogP contribution in [0.4, 0.5) is 17.2 Å². The normalized spacial score (nSPS) is 15.7. The van der Waals surface area contributed by atoms with E-state index >= 15 is 0 Å². The van der Waals surface area contributed by atoms with Gasteiger partial charge in [0.25, 0.3) is 5.91 Å². The van der Waals surface area contributed by atoms with Crippen LogP contribution in [0.5, 0.6) is 5.75 Å². The van der Waals surface area contributed by atoms with Crippen molar-refractivity contribution in [2.45, 2.75) is 37.0 Å². The van der Waals surface area contributed by atoms with Gasteiger partial charge in [0.15, 0.2) is 11.4 Å². The fourth-order valence-corrected chi connectivity index (χ4v) is 7.50. The monoisotopic (exact) mass is 451 g/mol. The van der Waals surface area contributed by atoms with Crippen LogP contribution in [0.3, 0.4) is 0 Å². The molecule has 0 atom stereocenters. The van der Waals surface area contributed by atoms with Crippen molar-refractivity contribution in [1.29, 1.82) is 0 Å². The molecule has 0 radical (unpaired) electrons. The van der Waals surface area contributed by atoms with E-state index in [1.165, 1.54) is 37.2 Å². The molecule has 5 rings (SSSR count). The Morgan fingerprint density at radius 3 is 2.50 bits per heavy atom. The Balaban J connectivity index is 1.52. The molecule has 2 fully saturated rings. The van der Waals surface area contributed by atoms with E-state index in [4.69, 9.17) is 21.3 Å². The summed E-state index contributed by atoms with van der Waals surface area (Å²) in [5.41, 5.74) is 17.1. The van der Waals surface area contributed by atoms with Crippen LogP contribution in [0, 0.1) is 0 Å². The van der Waals surface area contributed by atoms with Gasteiger partial charge in [0.2, 0.25) is 0 Å². The summed E-state index contributed by atoms with van der Waals surface area (Å²) in [6.07, 6.45) is 5.38. The van der Waals surface area contributed by atoms with Crippen LogP contribution in [-0.2, 0) is 7.05 Å². The number of benzene rings is 1. The SMILES string of the molecule is COc1c(Nc2cc(N)nnc2C(N)=O)cccc1-c1cc(P(C2CC2)C2CC2)n(C)n1. The number of aryl methyl sites for hydroxylation is 1. The number of nitrogen functional groups attached to an aromatic ring is 1. The highest BCUT2D eigenvalue weighted by molar-refractivity contribution is 7.67. The van der Waals surface area contributed by atoms with Crippen LogP contribution in [0.1, 0.15) is 36.2 Å². The van der Waals surface area contributed by atoms with Gasteiger partial charge in [0.05, 0.1) is 29.6 Å². The number of nitrogens with zero attached hydrogens (tertiary/aromatic N) is 4. The summed E-state index contributed by atoms with van der Waals surface area (Å²) in [4.78, 5) is 11.8. The lowest BCUT2D eigenvalue weighted by Gasteiger charge is -2.16. The maximum Gasteiger partial charge on any atom is 0.271 e. The molecule has 1 amide bonds. The number of carbonyl (C=O) groups is 1. The predicted octanol–water partition coefficient (Wildman–Crippen LogP) is 2.74. The third-order valence-electron chi connectivity index (χ3n) is 5.81. The number of primary amides is 1. The number of rotatable bonds is 8. The average Bonchev–Trinajstić information content (AvgIpc) is 3.68. The van der Waals surface area contributed by atoms with Crippen molar-refractivity contribution in [3.63, 3.8) is 0 Å². The minimum absolute atomic E-state index is 0.00582. The zero-order chi connectivity index (χ0) is 22.4. The summed E-state index contributed by atoms with van der Waals surface area (Å²) < 4.78 is 7.82. The molecule has 0 bridgehead atoms. The van der Waals surface area contributed by atoms with E-state index in [0.29, 0.717) is 17.1 Å². The molecule has 1 aromatic carbocycles. The number of amides is 1. The van der Waals surface area contributed by atoms with Crippen molar-refractivity contribution in [2.75, 3.05) is 18.2 Å². The first kappa shape index (κ1) is 20.7. The molecule has 2 aliphatic rings. The van der Waals surface area contributed by atoms with Gasteiger partial charge >= 0.3 is 0 Å². The van der Waals surface area contributed by atoms with E-state index in [1.54, 1.807) is 7.11 Å². The molecule has 2 saturated carbocycles. The Morgan fingerprint density at radius 1 is 1.16 bits per heavy atom. The first-order valence-electron chi connectivity index (χ1n) is 10.7. The average molecular weight is 451 g/mol. The minimum Gasteiger partial charge on any atom is -0.494 e. The summed E-state index contributed by atoms with van der Waals surface area (Å²) in [5, 5.41) is 15.6. The van der Waals surface area contributed by atoms with Gasteiger partial charge in [-0.05, 0) is 63.1 Å². The topological polar surface area (TPSA) is 134 Å². The van der Waals surface area contributed by atoms with Gasteiger partial charge in [-0.15, -0.1) is 10.2 Å². The summed E-state index contributed by atoms with van der Waals surface area (Å²) in [6.45, 7) is 0. The Kier molecular flexibility index (Phi) is 5.21. The predicted molar refractivity (Wildman–Crippen MR) is 126 cm³/mol. The number of ether oxygens (including phenoxy) is 1. The number of methoxy groups -OCH3 is 1. The molecule has 2 aliphatic carbocycles. The van der Waals surface area contributed by atoms with Gasteiger partial charge in [-0.1, -0.05) is 6.07 Å². The molecule has 2 heterocycles. The van der Waals surface area contributed by atoms with Crippen LogP contribution < -0.4 is 27.0 Å². The molecule has 3 aromatic rings. The number of carbonyl (C=O) groups excluding carboxylic acids is 1. The molecule has 2 aromatic heterocycles. The van der Waals surface area contributed by atoms with Crippen LogP contribution in [-0.4, -0.2) is 44.3 Å². The van der Waals surface area contributed by atoms with Crippen LogP contribution >= 0.6 is 7.92 Å². The zero-order valence-electron chi connectivity index (χ0n) is 18.1. The van der Waals surface area contributed by atoms with Crippen LogP contribution in [0.2, 0.25) is 0 Å². The Morgan fingerprint density at radius 2 is 1.88 bits per heavy atom. The molecule has 0 spiro atoms. The lowest BCUT2D eigenvalue weighted by Crippen LogP contribution is -2.17. The molecule has 0 saturated heterocycles. The van der Waals surface area contributed by atoms with Crippen molar-refractivity contribution >= 4 is 36.5 Å². The van der Waals surface area contributed by atoms with E-state index in [2.05, 4.69) is 26.3 Å². The van der Waals surface area contributed by atoms with Crippen molar-refractivity contribution in [2.24, 2.45) is 12.8 Å². The second-order valence-corrected chi connectivity index (χ2v) is 11.0. The number of anilines is 3. The third-order valence-corrected chi connectivity index (χ3v) is 9.36. The molecule has 32 heavy (non-hydrogen) atoms. The lowest BCUT2D eigenvalue weighted by atomic mass is 10.1. The highest BCUT2D eigenvalue weighted by Crippen LogP contribution is 2.63. The van der Waals surface area contributed by atoms with Gasteiger partial charge in [-0.2, -0.15) is 5.10 Å². The Labute approximate surface area is 187 Å². The number of nitrogens with one attached hydrogen (secondary N) is 1. The lowest BCUT2D eigenvalue weighted by molar-refractivity contribution is 0.0995. The largest absolute Gasteiger partial charge is 0.494 e. The van der Waals surface area contributed by atoms with E-state index in [1.807, 2.05) is 25.2 Å². The highest BCUT2D eigenvalue weighted by Gasteiger charge is 2.43. The molecule has 0 unspecified atom stereocenters. The number of nitrogens with two attached hydrogens (primary N) is 2. The number of aromatic nitrogens is 4. The second kappa shape index (κ2) is 8.06. The standard InChI is InChI=1S/C22H26N7O2P/c1-29-19(32(12-6-7-12)13-8-9-13)11-16(28-29)14-4-3-5-15(21(14)31-2)25-17-10-18(23)26-27-20(17)22(24)30/h3-5,10-13H,6-9H2,1-2H3,(H2,24,30)(H3,23,25,26). The molecule has 0 aliphatic heterocycles. The molecule has 166 valence electrons. The third kappa shape index (κ3) is 3.88. The van der Waals surface area contributed by atoms with E-state index in [9.17, 15) is 4.79 Å². The molecule has 10 heteroatoms. The van der Waals surface area contributed by atoms with Gasteiger partial charge in [0.1, 0.15) is 5.82 Å². The van der Waals surface area contributed by atoms with Gasteiger partial charge < -0.3 is 21.5 Å². The van der Waals surface area contributed by atoms with Gasteiger partial charge in [-0.25, -0.2) is 0 Å². The quantitative estimate of drug-likeness (QED) is 0.448. The summed E-state index contributed by atoms with van der Waals surface area (Å²) in [7, 11) is 3.50. The van der Waals surface area contributed by atoms with Gasteiger partial charge in [0, 0.05) is 18.7 Å². The molecular formula is C22H26N7O2P. The van der Waals surface area contributed by atoms with Crippen molar-refractivity contribution in [3.05, 3.63) is 36.0 Å². The van der Waals surface area contributed by atoms with Crippen LogP contribution in [0.25, 0.3) is 11.3 Å². The first-order chi connectivity index (χ1) is 15.5. The van der Waals surface area contributed by atoms with E-state index in [0.717, 1.165) is 22.6 Å². The number of para-hydroxylation sites is 1. The summed E-state index contributed by atoms with van der Waals surface area (Å²) in [6, 6.07) is 9.51. The molecular weight excluding hydrogens is 425 g/mol. The smallest absolute Gasteiger partial charge is 0.271 e.